The van der Waals surface area contributed by atoms with E-state index in [1.807, 2.05) is 0 Å². The van der Waals surface area contributed by atoms with E-state index >= 15 is 0 Å². The van der Waals surface area contributed by atoms with Gasteiger partial charge in [-0.05, 0) is 72.4 Å². The Morgan fingerprint density at radius 2 is 1.95 bits per heavy atom. The standard InChI is InChI=1S/C16H34N4/c1-4-19-10-6-8-16(14-17,9-12-19)20-11-5-7-15(20)13-18(2)3/h15H,4-14,17H2,1-3H3. The quantitative estimate of drug-likeness (QED) is 0.822. The monoisotopic (exact) mass is 282 g/mol. The van der Waals surface area contributed by atoms with E-state index in [4.69, 9.17) is 5.73 Å². The van der Waals surface area contributed by atoms with Gasteiger partial charge in [0.25, 0.3) is 0 Å². The van der Waals surface area contributed by atoms with Gasteiger partial charge in [0.05, 0.1) is 0 Å². The smallest absolute Gasteiger partial charge is 0.0347 e. The zero-order valence-electron chi connectivity index (χ0n) is 13.8. The van der Waals surface area contributed by atoms with E-state index in [2.05, 4.69) is 35.7 Å². The summed E-state index contributed by atoms with van der Waals surface area (Å²) in [5.41, 5.74) is 6.56. The Hall–Kier alpha value is -0.160. The minimum absolute atomic E-state index is 0.265. The zero-order chi connectivity index (χ0) is 14.6. The van der Waals surface area contributed by atoms with Crippen molar-refractivity contribution in [2.45, 2.75) is 50.6 Å². The molecule has 2 aliphatic heterocycles. The molecule has 0 bridgehead atoms. The van der Waals surface area contributed by atoms with Crippen LogP contribution in [0.1, 0.15) is 39.0 Å². The SMILES string of the molecule is CCN1CCCC(CN)(N2CCCC2CN(C)C)CC1. The highest BCUT2D eigenvalue weighted by Gasteiger charge is 2.42. The first-order valence-electron chi connectivity index (χ1n) is 8.45. The first-order chi connectivity index (χ1) is 9.61. The summed E-state index contributed by atoms with van der Waals surface area (Å²) in [4.78, 5) is 7.71. The summed E-state index contributed by atoms with van der Waals surface area (Å²) in [6, 6.07) is 0.710. The van der Waals surface area contributed by atoms with Crippen molar-refractivity contribution in [3.8, 4) is 0 Å². The highest BCUT2D eigenvalue weighted by atomic mass is 15.3. The van der Waals surface area contributed by atoms with Gasteiger partial charge in [-0.2, -0.15) is 0 Å². The van der Waals surface area contributed by atoms with Crippen molar-refractivity contribution in [3.05, 3.63) is 0 Å². The predicted molar refractivity (Wildman–Crippen MR) is 86.0 cm³/mol. The molecule has 0 saturated carbocycles. The molecule has 2 unspecified atom stereocenters. The number of likely N-dealkylation sites (N-methyl/N-ethyl adjacent to an activating group) is 1. The minimum Gasteiger partial charge on any atom is -0.329 e. The molecule has 4 heteroatoms. The van der Waals surface area contributed by atoms with Crippen molar-refractivity contribution in [1.29, 1.82) is 0 Å². The van der Waals surface area contributed by atoms with E-state index in [1.54, 1.807) is 0 Å². The van der Waals surface area contributed by atoms with E-state index < -0.39 is 0 Å². The summed E-state index contributed by atoms with van der Waals surface area (Å²) in [5.74, 6) is 0. The highest BCUT2D eigenvalue weighted by molar-refractivity contribution is 5.00. The Bertz CT molecular complexity index is 294. The van der Waals surface area contributed by atoms with Gasteiger partial charge < -0.3 is 15.5 Å². The molecule has 0 aliphatic carbocycles. The average molecular weight is 282 g/mol. The van der Waals surface area contributed by atoms with Crippen LogP contribution >= 0.6 is 0 Å². The van der Waals surface area contributed by atoms with E-state index in [0.717, 1.165) is 6.54 Å². The van der Waals surface area contributed by atoms with Gasteiger partial charge in [-0.3, -0.25) is 4.90 Å². The van der Waals surface area contributed by atoms with E-state index in [0.29, 0.717) is 6.04 Å². The van der Waals surface area contributed by atoms with Crippen LogP contribution < -0.4 is 5.73 Å². The molecule has 2 saturated heterocycles. The first-order valence-corrected chi connectivity index (χ1v) is 8.45. The number of nitrogens with two attached hydrogens (primary N) is 1. The van der Waals surface area contributed by atoms with Crippen LogP contribution in [0.5, 0.6) is 0 Å². The van der Waals surface area contributed by atoms with Crippen LogP contribution in [0.2, 0.25) is 0 Å². The fraction of sp³-hybridized carbons (Fsp3) is 1.00. The lowest BCUT2D eigenvalue weighted by molar-refractivity contribution is 0.0547. The Labute approximate surface area is 125 Å². The molecule has 2 heterocycles. The lowest BCUT2D eigenvalue weighted by Gasteiger charge is -2.45. The van der Waals surface area contributed by atoms with Gasteiger partial charge in [0.1, 0.15) is 0 Å². The van der Waals surface area contributed by atoms with Crippen LogP contribution in [0.4, 0.5) is 0 Å². The van der Waals surface area contributed by atoms with Gasteiger partial charge in [0.15, 0.2) is 0 Å². The second-order valence-corrected chi connectivity index (χ2v) is 6.97. The molecule has 0 radical (unpaired) electrons. The van der Waals surface area contributed by atoms with Crippen molar-refractivity contribution >= 4 is 0 Å². The number of likely N-dealkylation sites (tertiary alicyclic amines) is 2. The average Bonchev–Trinajstić information content (AvgIpc) is 2.77. The summed E-state index contributed by atoms with van der Waals surface area (Å²) in [6.45, 7) is 9.20. The van der Waals surface area contributed by atoms with Crippen molar-refractivity contribution in [2.24, 2.45) is 5.73 Å². The fourth-order valence-electron chi connectivity index (χ4n) is 4.23. The minimum atomic E-state index is 0.265. The van der Waals surface area contributed by atoms with Gasteiger partial charge in [-0.15, -0.1) is 0 Å². The van der Waals surface area contributed by atoms with Crippen molar-refractivity contribution in [3.63, 3.8) is 0 Å². The number of nitrogens with zero attached hydrogens (tertiary/aromatic N) is 3. The largest absolute Gasteiger partial charge is 0.329 e. The van der Waals surface area contributed by atoms with Crippen molar-refractivity contribution in [1.82, 2.24) is 14.7 Å². The predicted octanol–water partition coefficient (Wildman–Crippen LogP) is 1.22. The molecule has 20 heavy (non-hydrogen) atoms. The molecule has 2 aliphatic rings. The third kappa shape index (κ3) is 3.53. The van der Waals surface area contributed by atoms with Crippen molar-refractivity contribution in [2.75, 3.05) is 53.4 Å². The summed E-state index contributed by atoms with van der Waals surface area (Å²) < 4.78 is 0. The Kier molecular flexibility index (Phi) is 5.84. The molecule has 0 aromatic heterocycles. The maximum Gasteiger partial charge on any atom is 0.0347 e. The van der Waals surface area contributed by atoms with Gasteiger partial charge in [0, 0.05) is 24.7 Å². The molecule has 2 rings (SSSR count). The van der Waals surface area contributed by atoms with Crippen LogP contribution in [0.3, 0.4) is 0 Å². The summed E-state index contributed by atoms with van der Waals surface area (Å²) in [5, 5.41) is 0. The van der Waals surface area contributed by atoms with Crippen LogP contribution in [0, 0.1) is 0 Å². The normalized spacial score (nSPS) is 33.8. The third-order valence-corrected chi connectivity index (χ3v) is 5.40. The second kappa shape index (κ2) is 7.21. The first kappa shape index (κ1) is 16.2. The lowest BCUT2D eigenvalue weighted by Crippen LogP contribution is -2.57. The van der Waals surface area contributed by atoms with Crippen LogP contribution in [0.15, 0.2) is 0 Å². The molecule has 0 amide bonds. The molecule has 2 N–H and O–H groups in total. The summed E-state index contributed by atoms with van der Waals surface area (Å²) in [6.07, 6.45) is 6.52. The van der Waals surface area contributed by atoms with Gasteiger partial charge in [0.2, 0.25) is 0 Å². The molecular formula is C16H34N4. The van der Waals surface area contributed by atoms with Gasteiger partial charge >= 0.3 is 0 Å². The highest BCUT2D eigenvalue weighted by Crippen LogP contribution is 2.34. The topological polar surface area (TPSA) is 35.7 Å². The number of hydrogen-bond donors (Lipinski definition) is 1. The lowest BCUT2D eigenvalue weighted by atomic mass is 9.87. The maximum atomic E-state index is 6.29. The fourth-order valence-corrected chi connectivity index (χ4v) is 4.23. The molecule has 0 spiro atoms. The van der Waals surface area contributed by atoms with Crippen LogP contribution in [0.25, 0.3) is 0 Å². The van der Waals surface area contributed by atoms with Gasteiger partial charge in [-0.25, -0.2) is 0 Å². The molecule has 2 atom stereocenters. The molecule has 0 aromatic carbocycles. The van der Waals surface area contributed by atoms with Crippen LogP contribution in [-0.2, 0) is 0 Å². The summed E-state index contributed by atoms with van der Waals surface area (Å²) >= 11 is 0. The Morgan fingerprint density at radius 3 is 2.60 bits per heavy atom. The van der Waals surface area contributed by atoms with E-state index in [9.17, 15) is 0 Å². The van der Waals surface area contributed by atoms with E-state index in [1.165, 1.54) is 64.8 Å². The van der Waals surface area contributed by atoms with Gasteiger partial charge in [-0.1, -0.05) is 6.92 Å². The van der Waals surface area contributed by atoms with E-state index in [-0.39, 0.29) is 5.54 Å². The Balaban J connectivity index is 2.08. The molecule has 0 aromatic rings. The molecule has 2 fully saturated rings. The Morgan fingerprint density at radius 1 is 1.15 bits per heavy atom. The van der Waals surface area contributed by atoms with Crippen molar-refractivity contribution < 1.29 is 0 Å². The zero-order valence-corrected chi connectivity index (χ0v) is 13.8. The maximum absolute atomic E-state index is 6.29. The number of hydrogen-bond acceptors (Lipinski definition) is 4. The van der Waals surface area contributed by atoms with Crippen LogP contribution in [-0.4, -0.2) is 79.6 Å². The molecule has 4 nitrogen and oxygen atoms in total. The second-order valence-electron chi connectivity index (χ2n) is 6.97. The number of rotatable bonds is 5. The molecule has 118 valence electrons. The summed E-state index contributed by atoms with van der Waals surface area (Å²) in [7, 11) is 4.38. The molecular weight excluding hydrogens is 248 g/mol. The third-order valence-electron chi connectivity index (χ3n) is 5.40.